The van der Waals surface area contributed by atoms with Crippen LogP contribution in [0.3, 0.4) is 0 Å². The van der Waals surface area contributed by atoms with E-state index in [4.69, 9.17) is 20.7 Å². The highest BCUT2D eigenvalue weighted by Gasteiger charge is 2.13. The first-order valence-corrected chi connectivity index (χ1v) is 8.23. The van der Waals surface area contributed by atoms with Crippen molar-refractivity contribution >= 4 is 17.7 Å². The predicted molar refractivity (Wildman–Crippen MR) is 90.6 cm³/mol. The Bertz CT molecular complexity index is 617. The van der Waals surface area contributed by atoms with Crippen molar-refractivity contribution in [2.24, 2.45) is 5.73 Å². The Morgan fingerprint density at radius 1 is 1.33 bits per heavy atom. The summed E-state index contributed by atoms with van der Waals surface area (Å²) in [5, 5.41) is 34.5. The van der Waals surface area contributed by atoms with Gasteiger partial charge in [0.15, 0.2) is 5.16 Å². The number of carbonyl (C=O) groups is 1. The number of nitrogens with two attached hydrogens (primary N) is 1. The van der Waals surface area contributed by atoms with E-state index < -0.39 is 12.1 Å². The van der Waals surface area contributed by atoms with Crippen molar-refractivity contribution in [3.05, 3.63) is 41.7 Å². The number of aliphatic hydroxyl groups is 2. The van der Waals surface area contributed by atoms with E-state index in [1.54, 1.807) is 0 Å². The lowest BCUT2D eigenvalue weighted by Gasteiger charge is -2.10. The van der Waals surface area contributed by atoms with Crippen molar-refractivity contribution in [1.29, 1.82) is 0 Å². The summed E-state index contributed by atoms with van der Waals surface area (Å²) in [6, 6.07) is 9.97. The van der Waals surface area contributed by atoms with Gasteiger partial charge in [0.25, 0.3) is 5.97 Å². The highest BCUT2D eigenvalue weighted by molar-refractivity contribution is 7.99. The maximum Gasteiger partial charge on any atom is 0.300 e. The molecule has 0 radical (unpaired) electrons. The Kier molecular flexibility index (Phi) is 9.02. The Hall–Kier alpha value is -1.94. The van der Waals surface area contributed by atoms with Crippen LogP contribution in [0.5, 0.6) is 0 Å². The van der Waals surface area contributed by atoms with Crippen LogP contribution >= 0.6 is 11.8 Å². The van der Waals surface area contributed by atoms with Gasteiger partial charge >= 0.3 is 0 Å². The number of aliphatic carboxylic acids is 1. The molecule has 0 fully saturated rings. The molecule has 0 amide bonds. The number of hydrogen-bond donors (Lipinski definition) is 4. The molecule has 1 aromatic carbocycles. The average molecular weight is 354 g/mol. The first-order chi connectivity index (χ1) is 11.5. The minimum atomic E-state index is -0.833. The van der Waals surface area contributed by atoms with E-state index >= 15 is 0 Å². The minimum Gasteiger partial charge on any atom is -0.481 e. The van der Waals surface area contributed by atoms with Crippen LogP contribution in [0.15, 0.2) is 35.5 Å². The number of carboxylic acid groups (broad SMARTS) is 1. The van der Waals surface area contributed by atoms with Gasteiger partial charge in [-0.25, -0.2) is 0 Å². The third-order valence-electron chi connectivity index (χ3n) is 2.78. The molecule has 0 aliphatic carbocycles. The van der Waals surface area contributed by atoms with Crippen LogP contribution in [-0.2, 0) is 17.9 Å². The van der Waals surface area contributed by atoms with Gasteiger partial charge in [-0.05, 0) is 5.56 Å². The number of benzene rings is 1. The minimum absolute atomic E-state index is 0.260. The maximum absolute atomic E-state index is 9.41. The van der Waals surface area contributed by atoms with Gasteiger partial charge < -0.3 is 25.6 Å². The van der Waals surface area contributed by atoms with Crippen molar-refractivity contribution < 1.29 is 20.1 Å². The van der Waals surface area contributed by atoms with Gasteiger partial charge in [-0.2, -0.15) is 0 Å². The summed E-state index contributed by atoms with van der Waals surface area (Å²) in [6.45, 7) is 1.77. The van der Waals surface area contributed by atoms with E-state index in [0.29, 0.717) is 29.8 Å². The van der Waals surface area contributed by atoms with Gasteiger partial charge in [0.2, 0.25) is 0 Å². The van der Waals surface area contributed by atoms with Crippen molar-refractivity contribution in [1.82, 2.24) is 14.8 Å². The Labute approximate surface area is 144 Å². The molecule has 132 valence electrons. The molecule has 0 saturated carbocycles. The molecule has 24 heavy (non-hydrogen) atoms. The molecule has 0 saturated heterocycles. The Morgan fingerprint density at radius 3 is 2.50 bits per heavy atom. The van der Waals surface area contributed by atoms with Gasteiger partial charge in [0.05, 0.1) is 25.8 Å². The summed E-state index contributed by atoms with van der Waals surface area (Å²) < 4.78 is 1.93. The molecule has 5 N–H and O–H groups in total. The van der Waals surface area contributed by atoms with Crippen LogP contribution in [0.25, 0.3) is 0 Å². The van der Waals surface area contributed by atoms with Crippen molar-refractivity contribution in [3.63, 3.8) is 0 Å². The molecule has 0 aliphatic rings. The molecule has 1 heterocycles. The van der Waals surface area contributed by atoms with Crippen molar-refractivity contribution in [2.45, 2.75) is 31.3 Å². The largest absolute Gasteiger partial charge is 0.481 e. The number of rotatable bonds is 7. The van der Waals surface area contributed by atoms with Crippen LogP contribution in [0.4, 0.5) is 0 Å². The predicted octanol–water partition coefficient (Wildman–Crippen LogP) is 0.321. The summed E-state index contributed by atoms with van der Waals surface area (Å²) >= 11 is 1.36. The Morgan fingerprint density at radius 2 is 1.96 bits per heavy atom. The molecule has 1 aromatic heterocycles. The van der Waals surface area contributed by atoms with E-state index in [2.05, 4.69) is 10.2 Å². The molecule has 9 heteroatoms. The molecular formula is C15H22N4O4S. The second kappa shape index (κ2) is 10.8. The summed E-state index contributed by atoms with van der Waals surface area (Å²) in [5.41, 5.74) is 6.81. The van der Waals surface area contributed by atoms with E-state index in [0.717, 1.165) is 12.5 Å². The SMILES string of the molecule is CC(=O)O.NCc1nnc(SC[C@H](O)CO)n1Cc1ccccc1. The standard InChI is InChI=1S/C13H18N4O2S.C2H4O2/c14-6-12-15-16-13(20-9-11(19)8-18)17(12)7-10-4-2-1-3-5-10;1-2(3)4/h1-5,11,18-19H,6-9,14H2;1H3,(H,3,4)/t11-;/m1./s1. The van der Waals surface area contributed by atoms with E-state index in [-0.39, 0.29) is 6.61 Å². The zero-order valence-corrected chi connectivity index (χ0v) is 14.2. The number of aliphatic hydroxyl groups excluding tert-OH is 2. The molecule has 8 nitrogen and oxygen atoms in total. The maximum atomic E-state index is 9.41. The highest BCUT2D eigenvalue weighted by atomic mass is 32.2. The summed E-state index contributed by atoms with van der Waals surface area (Å²) in [5.74, 6) is 0.239. The molecular weight excluding hydrogens is 332 g/mol. The summed E-state index contributed by atoms with van der Waals surface area (Å²) in [6.07, 6.45) is -0.761. The number of thioether (sulfide) groups is 1. The fourth-order valence-corrected chi connectivity index (χ4v) is 2.60. The smallest absolute Gasteiger partial charge is 0.300 e. The van der Waals surface area contributed by atoms with Gasteiger partial charge in [0, 0.05) is 12.7 Å². The van der Waals surface area contributed by atoms with E-state index in [9.17, 15) is 5.11 Å². The molecule has 0 bridgehead atoms. The third-order valence-corrected chi connectivity index (χ3v) is 3.89. The van der Waals surface area contributed by atoms with E-state index in [1.165, 1.54) is 11.8 Å². The van der Waals surface area contributed by atoms with E-state index in [1.807, 2.05) is 34.9 Å². The molecule has 2 aromatic rings. The van der Waals surface area contributed by atoms with Crippen LogP contribution in [-0.4, -0.2) is 54.5 Å². The molecule has 0 unspecified atom stereocenters. The fourth-order valence-electron chi connectivity index (χ4n) is 1.72. The Balaban J connectivity index is 0.000000648. The topological polar surface area (TPSA) is 134 Å². The highest BCUT2D eigenvalue weighted by Crippen LogP contribution is 2.19. The van der Waals surface area contributed by atoms with Crippen LogP contribution in [0, 0.1) is 0 Å². The number of carboxylic acids is 1. The number of hydrogen-bond acceptors (Lipinski definition) is 7. The zero-order chi connectivity index (χ0) is 17.9. The quantitative estimate of drug-likeness (QED) is 0.522. The monoisotopic (exact) mass is 354 g/mol. The van der Waals surface area contributed by atoms with Gasteiger partial charge in [-0.1, -0.05) is 42.1 Å². The van der Waals surface area contributed by atoms with Crippen LogP contribution < -0.4 is 5.73 Å². The van der Waals surface area contributed by atoms with Crippen molar-refractivity contribution in [2.75, 3.05) is 12.4 Å². The molecule has 0 spiro atoms. The molecule has 2 rings (SSSR count). The fraction of sp³-hybridized carbons (Fsp3) is 0.400. The lowest BCUT2D eigenvalue weighted by atomic mass is 10.2. The van der Waals surface area contributed by atoms with Gasteiger partial charge in [-0.3, -0.25) is 4.79 Å². The third kappa shape index (κ3) is 7.09. The second-order valence-electron chi connectivity index (χ2n) is 4.84. The zero-order valence-electron chi connectivity index (χ0n) is 13.4. The lowest BCUT2D eigenvalue weighted by Crippen LogP contribution is -2.16. The van der Waals surface area contributed by atoms with Gasteiger partial charge in [-0.15, -0.1) is 10.2 Å². The van der Waals surface area contributed by atoms with Crippen molar-refractivity contribution in [3.8, 4) is 0 Å². The van der Waals surface area contributed by atoms with Crippen LogP contribution in [0.2, 0.25) is 0 Å². The summed E-state index contributed by atoms with van der Waals surface area (Å²) in [7, 11) is 0. The average Bonchev–Trinajstić information content (AvgIpc) is 2.95. The number of nitrogens with zero attached hydrogens (tertiary/aromatic N) is 3. The normalized spacial score (nSPS) is 11.5. The lowest BCUT2D eigenvalue weighted by molar-refractivity contribution is -0.134. The van der Waals surface area contributed by atoms with Gasteiger partial charge in [0.1, 0.15) is 5.82 Å². The van der Waals surface area contributed by atoms with Crippen LogP contribution in [0.1, 0.15) is 18.3 Å². The molecule has 0 aliphatic heterocycles. The second-order valence-corrected chi connectivity index (χ2v) is 5.83. The molecule has 1 atom stereocenters. The number of aromatic nitrogens is 3. The first kappa shape index (κ1) is 20.1. The first-order valence-electron chi connectivity index (χ1n) is 7.25. The summed E-state index contributed by atoms with van der Waals surface area (Å²) in [4.78, 5) is 9.00.